The van der Waals surface area contributed by atoms with E-state index in [4.69, 9.17) is 0 Å². The van der Waals surface area contributed by atoms with Crippen LogP contribution < -0.4 is 10.0 Å². The van der Waals surface area contributed by atoms with E-state index < -0.39 is 10.0 Å². The first-order valence-electron chi connectivity index (χ1n) is 7.12. The molecular formula is C15H22N2O2S2. The van der Waals surface area contributed by atoms with Gasteiger partial charge < -0.3 is 5.32 Å². The fourth-order valence-electron chi connectivity index (χ4n) is 1.83. The van der Waals surface area contributed by atoms with Crippen LogP contribution in [0.2, 0.25) is 0 Å². The zero-order chi connectivity index (χ0) is 15.1. The molecule has 0 unspecified atom stereocenters. The minimum absolute atomic E-state index is 0.325. The van der Waals surface area contributed by atoms with Gasteiger partial charge in [0.1, 0.15) is 0 Å². The first-order chi connectivity index (χ1) is 10.1. The van der Waals surface area contributed by atoms with Gasteiger partial charge in [-0.3, -0.25) is 0 Å². The highest BCUT2D eigenvalue weighted by atomic mass is 32.2. The third kappa shape index (κ3) is 5.82. The molecule has 0 aromatic heterocycles. The van der Waals surface area contributed by atoms with Gasteiger partial charge in [0.05, 0.1) is 4.90 Å². The lowest BCUT2D eigenvalue weighted by Gasteiger charge is -2.08. The van der Waals surface area contributed by atoms with Crippen molar-refractivity contribution >= 4 is 21.8 Å². The summed E-state index contributed by atoms with van der Waals surface area (Å²) in [5, 5.41) is 3.41. The van der Waals surface area contributed by atoms with Crippen LogP contribution in [-0.2, 0) is 16.6 Å². The zero-order valence-electron chi connectivity index (χ0n) is 12.0. The normalized spacial score (nSPS) is 15.0. The molecule has 1 saturated carbocycles. The lowest BCUT2D eigenvalue weighted by Crippen LogP contribution is -2.26. The fourth-order valence-corrected chi connectivity index (χ4v) is 3.58. The maximum Gasteiger partial charge on any atom is 0.240 e. The quantitative estimate of drug-likeness (QED) is 0.511. The molecule has 0 amide bonds. The summed E-state index contributed by atoms with van der Waals surface area (Å²) in [6, 6.07) is 7.74. The molecule has 2 rings (SSSR count). The van der Waals surface area contributed by atoms with Crippen molar-refractivity contribution in [3.63, 3.8) is 0 Å². The fraction of sp³-hybridized carbons (Fsp3) is 0.467. The maximum absolute atomic E-state index is 12.1. The second-order valence-corrected chi connectivity index (χ2v) is 7.98. The number of benzene rings is 1. The van der Waals surface area contributed by atoms with E-state index in [1.807, 2.05) is 18.2 Å². The van der Waals surface area contributed by atoms with Crippen molar-refractivity contribution in [3.05, 3.63) is 42.5 Å². The molecule has 21 heavy (non-hydrogen) atoms. The summed E-state index contributed by atoms with van der Waals surface area (Å²) in [4.78, 5) is 0.325. The van der Waals surface area contributed by atoms with E-state index in [1.54, 1.807) is 23.9 Å². The molecule has 1 aromatic carbocycles. The molecule has 1 aliphatic carbocycles. The summed E-state index contributed by atoms with van der Waals surface area (Å²) < 4.78 is 26.8. The zero-order valence-corrected chi connectivity index (χ0v) is 13.7. The van der Waals surface area contributed by atoms with Crippen molar-refractivity contribution in [1.82, 2.24) is 10.0 Å². The van der Waals surface area contributed by atoms with Crippen LogP contribution in [0, 0.1) is 0 Å². The predicted octanol–water partition coefficient (Wildman–Crippen LogP) is 2.14. The van der Waals surface area contributed by atoms with E-state index >= 15 is 0 Å². The molecule has 4 nitrogen and oxygen atoms in total. The van der Waals surface area contributed by atoms with Gasteiger partial charge in [-0.05, 0) is 30.5 Å². The lowest BCUT2D eigenvalue weighted by atomic mass is 10.2. The molecule has 0 radical (unpaired) electrons. The average Bonchev–Trinajstić information content (AvgIpc) is 3.29. The van der Waals surface area contributed by atoms with Crippen LogP contribution in [0.3, 0.4) is 0 Å². The lowest BCUT2D eigenvalue weighted by molar-refractivity contribution is 0.584. The predicted molar refractivity (Wildman–Crippen MR) is 89.0 cm³/mol. The third-order valence-electron chi connectivity index (χ3n) is 3.18. The highest BCUT2D eigenvalue weighted by Gasteiger charge is 2.20. The second kappa shape index (κ2) is 7.98. The Balaban J connectivity index is 1.82. The molecule has 0 aliphatic heterocycles. The van der Waals surface area contributed by atoms with Crippen molar-refractivity contribution in [2.45, 2.75) is 30.3 Å². The average molecular weight is 326 g/mol. The second-order valence-electron chi connectivity index (χ2n) is 5.06. The van der Waals surface area contributed by atoms with Crippen LogP contribution >= 0.6 is 11.8 Å². The largest absolute Gasteiger partial charge is 0.310 e. The highest BCUT2D eigenvalue weighted by Crippen LogP contribution is 2.19. The molecule has 0 spiro atoms. The van der Waals surface area contributed by atoms with E-state index in [1.165, 1.54) is 12.8 Å². The monoisotopic (exact) mass is 326 g/mol. The van der Waals surface area contributed by atoms with Gasteiger partial charge in [0, 0.05) is 30.6 Å². The summed E-state index contributed by atoms with van der Waals surface area (Å²) >= 11 is 1.65. The van der Waals surface area contributed by atoms with Gasteiger partial charge in [-0.1, -0.05) is 18.2 Å². The van der Waals surface area contributed by atoms with Crippen LogP contribution in [0.15, 0.2) is 41.8 Å². The number of nitrogens with one attached hydrogen (secondary N) is 2. The molecule has 1 aliphatic rings. The van der Waals surface area contributed by atoms with Crippen LogP contribution in [0.4, 0.5) is 0 Å². The Hall–Kier alpha value is -0.820. The third-order valence-corrected chi connectivity index (χ3v) is 5.62. The Labute approximate surface area is 131 Å². The molecule has 116 valence electrons. The first kappa shape index (κ1) is 16.5. The summed E-state index contributed by atoms with van der Waals surface area (Å²) in [6.07, 6.45) is 4.31. The van der Waals surface area contributed by atoms with Gasteiger partial charge in [0.25, 0.3) is 0 Å². The van der Waals surface area contributed by atoms with Crippen molar-refractivity contribution < 1.29 is 8.42 Å². The van der Waals surface area contributed by atoms with Gasteiger partial charge in [0.2, 0.25) is 10.0 Å². The van der Waals surface area contributed by atoms with Crippen LogP contribution in [-0.4, -0.2) is 32.5 Å². The van der Waals surface area contributed by atoms with E-state index in [9.17, 15) is 8.42 Å². The van der Waals surface area contributed by atoms with Gasteiger partial charge >= 0.3 is 0 Å². The standard InChI is InChI=1S/C15H22N2O2S2/c1-2-10-20-11-9-17-21(18,19)15-7-3-13(4-8-15)12-16-14-5-6-14/h2-4,7-8,14,16-17H,1,5-6,9-12H2. The Morgan fingerprint density at radius 3 is 2.62 bits per heavy atom. The topological polar surface area (TPSA) is 58.2 Å². The Morgan fingerprint density at radius 1 is 1.29 bits per heavy atom. The molecule has 0 bridgehead atoms. The number of hydrogen-bond acceptors (Lipinski definition) is 4. The Kier molecular flexibility index (Phi) is 6.29. The molecule has 0 atom stereocenters. The van der Waals surface area contributed by atoms with Crippen LogP contribution in [0.1, 0.15) is 18.4 Å². The number of thioether (sulfide) groups is 1. The van der Waals surface area contributed by atoms with Crippen LogP contribution in [0.25, 0.3) is 0 Å². The van der Waals surface area contributed by atoms with Crippen molar-refractivity contribution in [3.8, 4) is 0 Å². The number of hydrogen-bond donors (Lipinski definition) is 2. The van der Waals surface area contributed by atoms with E-state index in [0.29, 0.717) is 17.5 Å². The summed E-state index contributed by atoms with van der Waals surface area (Å²) in [7, 11) is -3.39. The molecule has 1 aromatic rings. The van der Waals surface area contributed by atoms with Crippen molar-refractivity contribution in [1.29, 1.82) is 0 Å². The highest BCUT2D eigenvalue weighted by molar-refractivity contribution is 7.99. The molecular weight excluding hydrogens is 304 g/mol. The Morgan fingerprint density at radius 2 is 2.00 bits per heavy atom. The Bertz CT molecular complexity index is 552. The van der Waals surface area contributed by atoms with Gasteiger partial charge in [0.15, 0.2) is 0 Å². The molecule has 0 heterocycles. The molecule has 0 saturated heterocycles. The summed E-state index contributed by atoms with van der Waals surface area (Å²) in [5.41, 5.74) is 1.11. The van der Waals surface area contributed by atoms with E-state index in [2.05, 4.69) is 16.6 Å². The molecule has 1 fully saturated rings. The molecule has 2 N–H and O–H groups in total. The van der Waals surface area contributed by atoms with Crippen LogP contribution in [0.5, 0.6) is 0 Å². The minimum Gasteiger partial charge on any atom is -0.310 e. The number of sulfonamides is 1. The smallest absolute Gasteiger partial charge is 0.240 e. The SMILES string of the molecule is C=CCSCCNS(=O)(=O)c1ccc(CNC2CC2)cc1. The minimum atomic E-state index is -3.39. The summed E-state index contributed by atoms with van der Waals surface area (Å²) in [6.45, 7) is 4.87. The summed E-state index contributed by atoms with van der Waals surface area (Å²) in [5.74, 6) is 1.58. The number of rotatable bonds is 10. The van der Waals surface area contributed by atoms with E-state index in [-0.39, 0.29) is 0 Å². The van der Waals surface area contributed by atoms with Crippen molar-refractivity contribution in [2.75, 3.05) is 18.1 Å². The maximum atomic E-state index is 12.1. The van der Waals surface area contributed by atoms with E-state index in [0.717, 1.165) is 23.6 Å². The molecule has 6 heteroatoms. The van der Waals surface area contributed by atoms with Gasteiger partial charge in [-0.25, -0.2) is 13.1 Å². The van der Waals surface area contributed by atoms with Gasteiger partial charge in [-0.2, -0.15) is 11.8 Å². The van der Waals surface area contributed by atoms with Gasteiger partial charge in [-0.15, -0.1) is 6.58 Å². The first-order valence-corrected chi connectivity index (χ1v) is 9.76. The van der Waals surface area contributed by atoms with Crippen molar-refractivity contribution in [2.24, 2.45) is 0 Å².